The molecule has 0 saturated carbocycles. The van der Waals surface area contributed by atoms with E-state index in [4.69, 9.17) is 0 Å². The maximum atomic E-state index is 2.45. The van der Waals surface area contributed by atoms with E-state index in [-0.39, 0.29) is 5.41 Å². The fraction of sp³-hybridized carbons (Fsp3) is 0.0400. The van der Waals surface area contributed by atoms with Crippen molar-refractivity contribution >= 4 is 92.2 Å². The van der Waals surface area contributed by atoms with E-state index in [1.807, 2.05) is 11.3 Å². The average Bonchev–Trinajstić information content (AvgIpc) is 4.39. The van der Waals surface area contributed by atoms with Gasteiger partial charge in [-0.25, -0.2) is 0 Å². The molecule has 0 fully saturated rings. The van der Waals surface area contributed by atoms with Crippen molar-refractivity contribution in [1.29, 1.82) is 0 Å². The zero-order valence-corrected chi connectivity index (χ0v) is 44.5. The van der Waals surface area contributed by atoms with Crippen molar-refractivity contribution in [3.05, 3.63) is 284 Å². The van der Waals surface area contributed by atoms with E-state index in [9.17, 15) is 0 Å². The fourth-order valence-electron chi connectivity index (χ4n) is 13.1. The van der Waals surface area contributed by atoms with Crippen LogP contribution in [0.15, 0.2) is 273 Å². The quantitative estimate of drug-likeness (QED) is 0.148. The van der Waals surface area contributed by atoms with Crippen molar-refractivity contribution in [3.8, 4) is 55.9 Å². The average molecular weight is 1030 g/mol. The van der Waals surface area contributed by atoms with Crippen molar-refractivity contribution < 1.29 is 0 Å². The Balaban J connectivity index is 0.881. The van der Waals surface area contributed by atoms with Crippen LogP contribution in [0.3, 0.4) is 0 Å². The molecule has 0 unspecified atom stereocenters. The lowest BCUT2D eigenvalue weighted by Crippen LogP contribution is -2.15. The number of nitrogens with zero attached hydrogens (tertiary/aromatic N) is 3. The molecule has 1 aliphatic carbocycles. The Labute approximate surface area is 462 Å². The van der Waals surface area contributed by atoms with Crippen LogP contribution in [0.1, 0.15) is 25.0 Å². The van der Waals surface area contributed by atoms with Crippen LogP contribution in [0.25, 0.3) is 120 Å². The van der Waals surface area contributed by atoms with Crippen LogP contribution < -0.4 is 4.90 Å². The highest BCUT2D eigenvalue weighted by Gasteiger charge is 2.35. The molecule has 0 spiro atoms. The second-order valence-electron chi connectivity index (χ2n) is 21.7. The Kier molecular flexibility index (Phi) is 10.2. The summed E-state index contributed by atoms with van der Waals surface area (Å²) in [5.41, 5.74) is 22.7. The zero-order chi connectivity index (χ0) is 52.3. The van der Waals surface area contributed by atoms with Crippen molar-refractivity contribution in [2.45, 2.75) is 19.3 Å². The minimum atomic E-state index is -0.0789. The molecule has 15 aromatic rings. The highest BCUT2D eigenvalue weighted by Crippen LogP contribution is 2.51. The number of thiophene rings is 1. The lowest BCUT2D eigenvalue weighted by molar-refractivity contribution is 0.660. The lowest BCUT2D eigenvalue weighted by atomic mass is 9.82. The largest absolute Gasteiger partial charge is 0.310 e. The Morgan fingerprint density at radius 1 is 0.291 bits per heavy atom. The van der Waals surface area contributed by atoms with Crippen LogP contribution in [0.5, 0.6) is 0 Å². The number of benzene rings is 12. The molecule has 0 amide bonds. The third-order valence-corrected chi connectivity index (χ3v) is 18.0. The van der Waals surface area contributed by atoms with E-state index in [0.29, 0.717) is 0 Å². The van der Waals surface area contributed by atoms with E-state index < -0.39 is 0 Å². The first kappa shape index (κ1) is 45.5. The number of rotatable bonds is 8. The van der Waals surface area contributed by atoms with Gasteiger partial charge in [0.2, 0.25) is 0 Å². The van der Waals surface area contributed by atoms with Crippen LogP contribution >= 0.6 is 11.3 Å². The smallest absolute Gasteiger partial charge is 0.0541 e. The summed E-state index contributed by atoms with van der Waals surface area (Å²) in [6, 6.07) is 101. The molecule has 0 atom stereocenters. The molecule has 0 aliphatic heterocycles. The summed E-state index contributed by atoms with van der Waals surface area (Å²) in [5.74, 6) is 0. The normalized spacial score (nSPS) is 12.8. The topological polar surface area (TPSA) is 13.1 Å². The number of hydrogen-bond acceptors (Lipinski definition) is 2. The monoisotopic (exact) mass is 1030 g/mol. The summed E-state index contributed by atoms with van der Waals surface area (Å²) in [5, 5.41) is 7.53. The zero-order valence-electron chi connectivity index (χ0n) is 43.7. The Hall–Kier alpha value is -9.74. The number of hydrogen-bond donors (Lipinski definition) is 0. The van der Waals surface area contributed by atoms with Crippen molar-refractivity contribution in [3.63, 3.8) is 0 Å². The Morgan fingerprint density at radius 3 is 1.51 bits per heavy atom. The SMILES string of the molecule is CC1(C)c2ccccc2-c2cc(N(c3ccccc3)c3cccc(-c4cc(-c5ccc6c(c5)c5ccccc5n6-c5ccccc5)cc(-c5ccc6c(c5)c5ccccc5n6-c5ccc6sc7ccccc7c6c5)c4)c3)ccc21. The molecule has 0 bridgehead atoms. The van der Waals surface area contributed by atoms with E-state index >= 15 is 0 Å². The summed E-state index contributed by atoms with van der Waals surface area (Å²) in [7, 11) is 0. The van der Waals surface area contributed by atoms with Gasteiger partial charge in [-0.3, -0.25) is 0 Å². The predicted octanol–water partition coefficient (Wildman–Crippen LogP) is 21.0. The van der Waals surface area contributed by atoms with Gasteiger partial charge >= 0.3 is 0 Å². The van der Waals surface area contributed by atoms with Gasteiger partial charge in [0, 0.05) is 75.6 Å². The van der Waals surface area contributed by atoms with Gasteiger partial charge in [-0.2, -0.15) is 0 Å². The van der Waals surface area contributed by atoms with Crippen molar-refractivity contribution in [1.82, 2.24) is 9.13 Å². The first-order valence-corrected chi connectivity index (χ1v) is 28.1. The Morgan fingerprint density at radius 2 is 0.810 bits per heavy atom. The molecule has 0 N–H and O–H groups in total. The lowest BCUT2D eigenvalue weighted by Gasteiger charge is -2.27. The van der Waals surface area contributed by atoms with Crippen molar-refractivity contribution in [2.24, 2.45) is 0 Å². The van der Waals surface area contributed by atoms with Crippen LogP contribution in [0, 0.1) is 0 Å². The molecule has 3 nitrogen and oxygen atoms in total. The second-order valence-corrected chi connectivity index (χ2v) is 22.8. The van der Waals surface area contributed by atoms with Gasteiger partial charge in [-0.15, -0.1) is 11.3 Å². The summed E-state index contributed by atoms with van der Waals surface area (Å²) < 4.78 is 7.47. The molecule has 12 aromatic carbocycles. The molecule has 0 radical (unpaired) electrons. The standard InChI is InChI=1S/C75H51N3S/c1-75(2)67-28-13-9-24-59(67)63-46-57(34-36-68(63)75)76(54-19-5-3-6-20-54)56-23-17-18-48(43-56)51-40-52(49-32-37-71-64(44-49)60-25-10-14-29-69(60)77(71)55-21-7-4-8-22-55)42-53(41-51)50-33-38-72-65(45-50)61-26-11-15-30-70(61)78(72)58-35-39-74-66(47-58)62-27-12-16-31-73(62)79-74/h3-47H,1-2H3. The van der Waals surface area contributed by atoms with Gasteiger partial charge in [-0.1, -0.05) is 159 Å². The van der Waals surface area contributed by atoms with Gasteiger partial charge in [0.15, 0.2) is 0 Å². The number of aromatic nitrogens is 2. The molecular formula is C75H51N3S. The second kappa shape index (κ2) is 17.7. The van der Waals surface area contributed by atoms with Crippen LogP contribution in [-0.2, 0) is 5.41 Å². The molecule has 79 heavy (non-hydrogen) atoms. The number of para-hydroxylation sites is 4. The molecule has 3 aromatic heterocycles. The number of anilines is 3. The van der Waals surface area contributed by atoms with Gasteiger partial charge in [0.25, 0.3) is 0 Å². The summed E-state index contributed by atoms with van der Waals surface area (Å²) in [6.45, 7) is 4.70. The van der Waals surface area contributed by atoms with Crippen LogP contribution in [0.4, 0.5) is 17.1 Å². The molecule has 4 heteroatoms. The molecule has 3 heterocycles. The molecule has 1 aliphatic rings. The van der Waals surface area contributed by atoms with Crippen LogP contribution in [0.2, 0.25) is 0 Å². The maximum Gasteiger partial charge on any atom is 0.0541 e. The van der Waals surface area contributed by atoms with E-state index in [1.165, 1.54) is 103 Å². The molecule has 16 rings (SSSR count). The molecule has 0 saturated heterocycles. The first-order valence-electron chi connectivity index (χ1n) is 27.3. The fourth-order valence-corrected chi connectivity index (χ4v) is 14.2. The minimum absolute atomic E-state index is 0.0789. The van der Waals surface area contributed by atoms with Gasteiger partial charge < -0.3 is 14.0 Å². The third kappa shape index (κ3) is 7.18. The minimum Gasteiger partial charge on any atom is -0.310 e. The summed E-state index contributed by atoms with van der Waals surface area (Å²) >= 11 is 1.86. The van der Waals surface area contributed by atoms with E-state index in [2.05, 4.69) is 301 Å². The Bertz CT molecular complexity index is 4940. The van der Waals surface area contributed by atoms with Gasteiger partial charge in [0.1, 0.15) is 0 Å². The highest BCUT2D eigenvalue weighted by molar-refractivity contribution is 7.25. The van der Waals surface area contributed by atoms with Crippen molar-refractivity contribution in [2.75, 3.05) is 4.90 Å². The number of fused-ring (bicyclic) bond motifs is 12. The highest BCUT2D eigenvalue weighted by atomic mass is 32.1. The predicted molar refractivity (Wildman–Crippen MR) is 337 cm³/mol. The summed E-state index contributed by atoms with van der Waals surface area (Å²) in [6.07, 6.45) is 0. The molecular weight excluding hydrogens is 975 g/mol. The molecule has 372 valence electrons. The van der Waals surface area contributed by atoms with Gasteiger partial charge in [0.05, 0.1) is 22.1 Å². The van der Waals surface area contributed by atoms with Crippen LogP contribution in [-0.4, -0.2) is 9.13 Å². The summed E-state index contributed by atoms with van der Waals surface area (Å²) in [4.78, 5) is 2.42. The maximum absolute atomic E-state index is 2.45. The third-order valence-electron chi connectivity index (χ3n) is 16.9. The van der Waals surface area contributed by atoms with E-state index in [1.54, 1.807) is 0 Å². The van der Waals surface area contributed by atoms with Gasteiger partial charge in [-0.05, 0) is 183 Å². The first-order chi connectivity index (χ1) is 38.9. The van der Waals surface area contributed by atoms with E-state index in [0.717, 1.165) is 45.0 Å².